The average molecular weight is 218 g/mol. The van der Waals surface area contributed by atoms with Gasteiger partial charge in [0.05, 0.1) is 6.61 Å². The number of carbonyl (C=O) groups excluding carboxylic acids is 1. The fourth-order valence-corrected chi connectivity index (χ4v) is 0.795. The van der Waals surface area contributed by atoms with Crippen LogP contribution in [0.15, 0.2) is 0 Å². The van der Waals surface area contributed by atoms with Gasteiger partial charge in [0.2, 0.25) is 5.91 Å². The van der Waals surface area contributed by atoms with E-state index in [1.54, 1.807) is 0 Å². The molecule has 0 fully saturated rings. The Balaban J connectivity index is 4.25. The fourth-order valence-electron chi connectivity index (χ4n) is 0.795. The topological polar surface area (TPSA) is 92.9 Å². The van der Waals surface area contributed by atoms with Crippen molar-refractivity contribution in [3.05, 3.63) is 0 Å². The number of amides is 1. The third-order valence-electron chi connectivity index (χ3n) is 2.22. The number of hydrogen-bond donors (Lipinski definition) is 2. The third kappa shape index (κ3) is 3.85. The van der Waals surface area contributed by atoms with Gasteiger partial charge in [-0.15, -0.1) is 0 Å². The molecule has 88 valence electrons. The molecular weight excluding hydrogens is 200 g/mol. The number of nitrogens with two attached hydrogens (primary N) is 1. The zero-order chi connectivity index (χ0) is 12.1. The predicted octanol–water partition coefficient (Wildman–Crippen LogP) is -0.717. The summed E-state index contributed by atoms with van der Waals surface area (Å²) in [5.41, 5.74) is 3.95. The number of rotatable bonds is 6. The summed E-state index contributed by atoms with van der Waals surface area (Å²) in [6.07, 6.45) is 0. The summed E-state index contributed by atoms with van der Waals surface area (Å²) in [6, 6.07) is 0. The van der Waals surface area contributed by atoms with Crippen molar-refractivity contribution in [1.29, 1.82) is 0 Å². The van der Waals surface area contributed by atoms with Crippen molar-refractivity contribution < 1.29 is 19.4 Å². The van der Waals surface area contributed by atoms with E-state index in [0.717, 1.165) is 4.90 Å². The molecular formula is C9H18N2O4. The van der Waals surface area contributed by atoms with Crippen LogP contribution in [0, 0.1) is 0 Å². The molecule has 0 aromatic carbocycles. The van der Waals surface area contributed by atoms with Gasteiger partial charge in [0.1, 0.15) is 12.1 Å². The van der Waals surface area contributed by atoms with E-state index in [1.165, 1.54) is 20.9 Å². The minimum atomic E-state index is -1.23. The third-order valence-corrected chi connectivity index (χ3v) is 2.22. The zero-order valence-electron chi connectivity index (χ0n) is 9.32. The monoisotopic (exact) mass is 218 g/mol. The Hall–Kier alpha value is -1.14. The molecule has 0 aromatic heterocycles. The number of aliphatic carboxylic acids is 1. The molecule has 0 radical (unpaired) electrons. The van der Waals surface area contributed by atoms with Crippen LogP contribution in [0.1, 0.15) is 13.8 Å². The highest BCUT2D eigenvalue weighted by molar-refractivity contribution is 5.86. The summed E-state index contributed by atoms with van der Waals surface area (Å²) in [5.74, 6) is -1.44. The first-order chi connectivity index (χ1) is 6.84. The maximum Gasteiger partial charge on any atom is 0.329 e. The number of ether oxygens (including phenoxy) is 1. The van der Waals surface area contributed by atoms with Crippen LogP contribution in [0.4, 0.5) is 0 Å². The van der Waals surface area contributed by atoms with Gasteiger partial charge in [-0.05, 0) is 13.8 Å². The van der Waals surface area contributed by atoms with Crippen molar-refractivity contribution in [3.63, 3.8) is 0 Å². The average Bonchev–Trinajstić information content (AvgIpc) is 2.16. The minimum Gasteiger partial charge on any atom is -0.480 e. The van der Waals surface area contributed by atoms with Gasteiger partial charge in [-0.25, -0.2) is 4.79 Å². The summed E-state index contributed by atoms with van der Waals surface area (Å²) in [6.45, 7) is 3.38. The molecule has 1 amide bonds. The van der Waals surface area contributed by atoms with E-state index >= 15 is 0 Å². The van der Waals surface area contributed by atoms with Crippen molar-refractivity contribution in [2.24, 2.45) is 5.73 Å². The number of carboxylic acid groups (broad SMARTS) is 1. The van der Waals surface area contributed by atoms with Crippen LogP contribution in [-0.4, -0.2) is 54.2 Å². The Morgan fingerprint density at radius 2 is 2.00 bits per heavy atom. The second-order valence-electron chi connectivity index (χ2n) is 3.66. The van der Waals surface area contributed by atoms with Crippen molar-refractivity contribution in [2.45, 2.75) is 19.4 Å². The molecule has 6 heteroatoms. The predicted molar refractivity (Wildman–Crippen MR) is 54.4 cm³/mol. The molecule has 0 aliphatic rings. The van der Waals surface area contributed by atoms with Crippen molar-refractivity contribution in [3.8, 4) is 0 Å². The van der Waals surface area contributed by atoms with E-state index in [0.29, 0.717) is 6.54 Å². The lowest BCUT2D eigenvalue weighted by Gasteiger charge is -2.31. The summed E-state index contributed by atoms with van der Waals surface area (Å²) in [4.78, 5) is 23.5. The van der Waals surface area contributed by atoms with Gasteiger partial charge in [0.15, 0.2) is 0 Å². The fraction of sp³-hybridized carbons (Fsp3) is 0.778. The first-order valence-corrected chi connectivity index (χ1v) is 4.62. The van der Waals surface area contributed by atoms with Gasteiger partial charge in [0.25, 0.3) is 0 Å². The van der Waals surface area contributed by atoms with Gasteiger partial charge >= 0.3 is 5.97 Å². The maximum absolute atomic E-state index is 11.5. The van der Waals surface area contributed by atoms with Gasteiger partial charge in [-0.1, -0.05) is 0 Å². The first-order valence-electron chi connectivity index (χ1n) is 4.62. The Labute approximate surface area is 89.0 Å². The molecule has 0 atom stereocenters. The first kappa shape index (κ1) is 13.9. The lowest BCUT2D eigenvalue weighted by molar-refractivity contribution is -0.157. The molecule has 0 rings (SSSR count). The molecule has 0 saturated heterocycles. The smallest absolute Gasteiger partial charge is 0.329 e. The highest BCUT2D eigenvalue weighted by atomic mass is 16.5. The molecule has 0 aromatic rings. The van der Waals surface area contributed by atoms with Crippen LogP contribution >= 0.6 is 0 Å². The molecule has 0 heterocycles. The Bertz CT molecular complexity index is 240. The summed E-state index contributed by atoms with van der Waals surface area (Å²) in [7, 11) is 1.43. The highest BCUT2D eigenvalue weighted by Gasteiger charge is 2.34. The lowest BCUT2D eigenvalue weighted by Crippen LogP contribution is -2.51. The van der Waals surface area contributed by atoms with Crippen LogP contribution in [0.5, 0.6) is 0 Å². The second kappa shape index (κ2) is 5.67. The van der Waals surface area contributed by atoms with Crippen molar-refractivity contribution >= 4 is 11.9 Å². The summed E-state index contributed by atoms with van der Waals surface area (Å²) in [5, 5.41) is 8.88. The highest BCUT2D eigenvalue weighted by Crippen LogP contribution is 2.12. The summed E-state index contributed by atoms with van der Waals surface area (Å²) >= 11 is 0. The maximum atomic E-state index is 11.5. The van der Waals surface area contributed by atoms with Gasteiger partial charge in [-0.2, -0.15) is 0 Å². The SMILES string of the molecule is CN(C(=O)COCCN)C(C)(C)C(=O)O. The largest absolute Gasteiger partial charge is 0.480 e. The van der Waals surface area contributed by atoms with Crippen LogP contribution in [0.25, 0.3) is 0 Å². The van der Waals surface area contributed by atoms with E-state index in [2.05, 4.69) is 0 Å². The van der Waals surface area contributed by atoms with E-state index in [4.69, 9.17) is 15.6 Å². The van der Waals surface area contributed by atoms with E-state index in [1.807, 2.05) is 0 Å². The molecule has 6 nitrogen and oxygen atoms in total. The molecule has 0 unspecified atom stereocenters. The number of nitrogens with zero attached hydrogens (tertiary/aromatic N) is 1. The molecule has 0 aliphatic heterocycles. The Morgan fingerprint density at radius 3 is 2.40 bits per heavy atom. The number of hydrogen-bond acceptors (Lipinski definition) is 4. The number of carbonyl (C=O) groups is 2. The normalized spacial score (nSPS) is 11.2. The molecule has 3 N–H and O–H groups in total. The van der Waals surface area contributed by atoms with Crippen LogP contribution in [-0.2, 0) is 14.3 Å². The van der Waals surface area contributed by atoms with Crippen molar-refractivity contribution in [2.75, 3.05) is 26.8 Å². The van der Waals surface area contributed by atoms with Gasteiger partial charge < -0.3 is 20.5 Å². The molecule has 0 aliphatic carbocycles. The van der Waals surface area contributed by atoms with Crippen LogP contribution in [0.2, 0.25) is 0 Å². The number of carboxylic acids is 1. The molecule has 0 saturated carbocycles. The summed E-state index contributed by atoms with van der Waals surface area (Å²) < 4.78 is 4.93. The van der Waals surface area contributed by atoms with Gasteiger partial charge in [0, 0.05) is 13.6 Å². The van der Waals surface area contributed by atoms with E-state index < -0.39 is 11.5 Å². The lowest BCUT2D eigenvalue weighted by atomic mass is 10.0. The van der Waals surface area contributed by atoms with E-state index in [-0.39, 0.29) is 19.1 Å². The minimum absolute atomic E-state index is 0.148. The Kier molecular flexibility index (Phi) is 5.24. The van der Waals surface area contributed by atoms with Crippen LogP contribution < -0.4 is 5.73 Å². The number of likely N-dealkylation sites (N-methyl/N-ethyl adjacent to an activating group) is 1. The molecule has 15 heavy (non-hydrogen) atoms. The molecule has 0 spiro atoms. The van der Waals surface area contributed by atoms with Gasteiger partial charge in [-0.3, -0.25) is 4.79 Å². The second-order valence-corrected chi connectivity index (χ2v) is 3.66. The Morgan fingerprint density at radius 1 is 1.47 bits per heavy atom. The molecule has 0 bridgehead atoms. The van der Waals surface area contributed by atoms with E-state index in [9.17, 15) is 9.59 Å². The standard InChI is InChI=1S/C9H18N2O4/c1-9(2,8(13)14)11(3)7(12)6-15-5-4-10/h4-6,10H2,1-3H3,(H,13,14). The zero-order valence-corrected chi connectivity index (χ0v) is 9.32. The van der Waals surface area contributed by atoms with Crippen LogP contribution in [0.3, 0.4) is 0 Å². The quantitative estimate of drug-likeness (QED) is 0.574. The van der Waals surface area contributed by atoms with Crippen molar-refractivity contribution in [1.82, 2.24) is 4.90 Å².